The molecule has 0 saturated carbocycles. The second-order valence-corrected chi connectivity index (χ2v) is 3.55. The quantitative estimate of drug-likeness (QED) is 0.772. The van der Waals surface area contributed by atoms with Crippen LogP contribution in [-0.4, -0.2) is 30.7 Å². The molecule has 2 heterocycles. The van der Waals surface area contributed by atoms with Crippen LogP contribution in [0, 0.1) is 5.95 Å². The molecule has 0 radical (unpaired) electrons. The lowest BCUT2D eigenvalue weighted by Crippen LogP contribution is -2.09. The van der Waals surface area contributed by atoms with E-state index in [0.717, 1.165) is 23.9 Å². The molecular weight excluding hydrogens is 209 g/mol. The van der Waals surface area contributed by atoms with Crippen molar-refractivity contribution in [1.82, 2.24) is 15.3 Å². The van der Waals surface area contributed by atoms with Crippen LogP contribution in [0.25, 0.3) is 11.0 Å². The van der Waals surface area contributed by atoms with E-state index in [4.69, 9.17) is 4.74 Å². The molecule has 2 rings (SSSR count). The number of nitrogens with one attached hydrogen (secondary N) is 2. The Balaban J connectivity index is 2.45. The Morgan fingerprint density at radius 1 is 1.56 bits per heavy atom. The number of halogens is 1. The van der Waals surface area contributed by atoms with E-state index in [-0.39, 0.29) is 5.75 Å². The fourth-order valence-corrected chi connectivity index (χ4v) is 1.67. The van der Waals surface area contributed by atoms with Crippen molar-refractivity contribution in [3.8, 4) is 5.75 Å². The van der Waals surface area contributed by atoms with Gasteiger partial charge in [-0.2, -0.15) is 9.37 Å². The highest BCUT2D eigenvalue weighted by atomic mass is 19.1. The number of methoxy groups -OCH3 is 1. The van der Waals surface area contributed by atoms with Crippen LogP contribution in [0.5, 0.6) is 5.75 Å². The van der Waals surface area contributed by atoms with Gasteiger partial charge in [0.1, 0.15) is 5.65 Å². The van der Waals surface area contributed by atoms with Gasteiger partial charge in [-0.3, -0.25) is 0 Å². The molecule has 86 valence electrons. The monoisotopic (exact) mass is 223 g/mol. The maximum absolute atomic E-state index is 13.3. The minimum atomic E-state index is -0.586. The first-order valence-electron chi connectivity index (χ1n) is 5.11. The number of aromatic amines is 1. The third-order valence-electron chi connectivity index (χ3n) is 2.54. The van der Waals surface area contributed by atoms with Crippen molar-refractivity contribution >= 4 is 11.0 Å². The molecule has 0 atom stereocenters. The van der Waals surface area contributed by atoms with E-state index in [1.807, 2.05) is 13.2 Å². The molecule has 0 unspecified atom stereocenters. The summed E-state index contributed by atoms with van der Waals surface area (Å²) in [5.74, 6) is -0.408. The second kappa shape index (κ2) is 4.49. The van der Waals surface area contributed by atoms with Crippen LogP contribution < -0.4 is 10.1 Å². The number of hydrogen-bond donors (Lipinski definition) is 2. The Hall–Kier alpha value is -1.62. The summed E-state index contributed by atoms with van der Waals surface area (Å²) in [5.41, 5.74) is 1.67. The standard InChI is InChI=1S/C11H14FN3O/c1-13-4-3-7-6-14-11-8(7)5-9(16-2)10(12)15-11/h5-6,13H,3-4H2,1-2H3,(H,14,15). The number of likely N-dealkylation sites (N-methyl/N-ethyl adjacent to an activating group) is 1. The summed E-state index contributed by atoms with van der Waals surface area (Å²) in [6, 6.07) is 1.68. The van der Waals surface area contributed by atoms with Crippen molar-refractivity contribution in [2.24, 2.45) is 0 Å². The maximum atomic E-state index is 13.3. The molecule has 0 amide bonds. The van der Waals surface area contributed by atoms with Gasteiger partial charge in [-0.05, 0) is 31.6 Å². The molecule has 16 heavy (non-hydrogen) atoms. The first-order chi connectivity index (χ1) is 7.76. The van der Waals surface area contributed by atoms with E-state index in [1.165, 1.54) is 7.11 Å². The van der Waals surface area contributed by atoms with Crippen molar-refractivity contribution < 1.29 is 9.13 Å². The number of H-pyrrole nitrogens is 1. The normalized spacial score (nSPS) is 10.9. The van der Waals surface area contributed by atoms with Crippen molar-refractivity contribution in [3.05, 3.63) is 23.8 Å². The van der Waals surface area contributed by atoms with E-state index < -0.39 is 5.95 Å². The largest absolute Gasteiger partial charge is 0.492 e. The van der Waals surface area contributed by atoms with E-state index in [0.29, 0.717) is 5.65 Å². The average molecular weight is 223 g/mol. The Bertz CT molecular complexity index is 495. The molecule has 0 saturated heterocycles. The van der Waals surface area contributed by atoms with Crippen molar-refractivity contribution in [3.63, 3.8) is 0 Å². The predicted octanol–water partition coefficient (Wildman–Crippen LogP) is 1.47. The van der Waals surface area contributed by atoms with Gasteiger partial charge in [0.25, 0.3) is 5.95 Å². The first-order valence-corrected chi connectivity index (χ1v) is 5.11. The van der Waals surface area contributed by atoms with Gasteiger partial charge in [-0.15, -0.1) is 0 Å². The summed E-state index contributed by atoms with van der Waals surface area (Å²) < 4.78 is 18.2. The highest BCUT2D eigenvalue weighted by Gasteiger charge is 2.10. The van der Waals surface area contributed by atoms with Gasteiger partial charge in [-0.1, -0.05) is 0 Å². The number of fused-ring (bicyclic) bond motifs is 1. The zero-order chi connectivity index (χ0) is 11.5. The van der Waals surface area contributed by atoms with Crippen molar-refractivity contribution in [1.29, 1.82) is 0 Å². The zero-order valence-electron chi connectivity index (χ0n) is 9.30. The molecule has 0 aliphatic heterocycles. The molecule has 0 fully saturated rings. The molecule has 0 bridgehead atoms. The molecule has 0 aliphatic rings. The number of hydrogen-bond acceptors (Lipinski definition) is 3. The van der Waals surface area contributed by atoms with Gasteiger partial charge in [0, 0.05) is 11.6 Å². The first kappa shape index (κ1) is 10.9. The lowest BCUT2D eigenvalue weighted by Gasteiger charge is -2.02. The number of aromatic nitrogens is 2. The molecule has 0 aromatic carbocycles. The van der Waals surface area contributed by atoms with Crippen LogP contribution in [0.4, 0.5) is 4.39 Å². The predicted molar refractivity (Wildman–Crippen MR) is 60.2 cm³/mol. The molecule has 2 aromatic heterocycles. The summed E-state index contributed by atoms with van der Waals surface area (Å²) in [7, 11) is 3.33. The second-order valence-electron chi connectivity index (χ2n) is 3.55. The molecule has 2 aromatic rings. The highest BCUT2D eigenvalue weighted by molar-refractivity contribution is 5.81. The Kier molecular flexibility index (Phi) is 3.05. The third-order valence-corrected chi connectivity index (χ3v) is 2.54. The van der Waals surface area contributed by atoms with E-state index in [9.17, 15) is 4.39 Å². The molecule has 2 N–H and O–H groups in total. The SMILES string of the molecule is CNCCc1c[nH]c2nc(F)c(OC)cc12. The Morgan fingerprint density at radius 3 is 3.06 bits per heavy atom. The van der Waals surface area contributed by atoms with E-state index in [2.05, 4.69) is 15.3 Å². The van der Waals surface area contributed by atoms with Crippen LogP contribution in [0.15, 0.2) is 12.3 Å². The maximum Gasteiger partial charge on any atom is 0.257 e. The Labute approximate surface area is 92.8 Å². The van der Waals surface area contributed by atoms with Gasteiger partial charge in [0.2, 0.25) is 0 Å². The zero-order valence-corrected chi connectivity index (χ0v) is 9.30. The van der Waals surface area contributed by atoms with Gasteiger partial charge >= 0.3 is 0 Å². The smallest absolute Gasteiger partial charge is 0.257 e. The molecular formula is C11H14FN3O. The highest BCUT2D eigenvalue weighted by Crippen LogP contribution is 2.24. The summed E-state index contributed by atoms with van der Waals surface area (Å²) in [6.45, 7) is 0.868. The molecule has 0 spiro atoms. The number of pyridine rings is 1. The van der Waals surface area contributed by atoms with E-state index in [1.54, 1.807) is 6.07 Å². The van der Waals surface area contributed by atoms with Crippen LogP contribution in [0.3, 0.4) is 0 Å². The number of ether oxygens (including phenoxy) is 1. The van der Waals surface area contributed by atoms with E-state index >= 15 is 0 Å². The summed E-state index contributed by atoms with van der Waals surface area (Å²) in [6.07, 6.45) is 2.72. The van der Waals surface area contributed by atoms with Crippen LogP contribution >= 0.6 is 0 Å². The lowest BCUT2D eigenvalue weighted by molar-refractivity contribution is 0.379. The molecule has 5 heteroatoms. The lowest BCUT2D eigenvalue weighted by atomic mass is 10.1. The summed E-state index contributed by atoms with van der Waals surface area (Å²) in [4.78, 5) is 6.76. The minimum absolute atomic E-state index is 0.179. The third kappa shape index (κ3) is 1.86. The van der Waals surface area contributed by atoms with Gasteiger partial charge < -0.3 is 15.0 Å². The van der Waals surface area contributed by atoms with Crippen LogP contribution in [0.1, 0.15) is 5.56 Å². The van der Waals surface area contributed by atoms with Gasteiger partial charge in [-0.25, -0.2) is 0 Å². The fourth-order valence-electron chi connectivity index (χ4n) is 1.67. The number of rotatable bonds is 4. The number of nitrogens with zero attached hydrogens (tertiary/aromatic N) is 1. The summed E-state index contributed by atoms with van der Waals surface area (Å²) >= 11 is 0. The topological polar surface area (TPSA) is 49.9 Å². The van der Waals surface area contributed by atoms with Crippen molar-refractivity contribution in [2.45, 2.75) is 6.42 Å². The molecule has 0 aliphatic carbocycles. The minimum Gasteiger partial charge on any atom is -0.492 e. The van der Waals surface area contributed by atoms with Crippen LogP contribution in [-0.2, 0) is 6.42 Å². The fraction of sp³-hybridized carbons (Fsp3) is 0.364. The molecule has 4 nitrogen and oxygen atoms in total. The van der Waals surface area contributed by atoms with Crippen molar-refractivity contribution in [2.75, 3.05) is 20.7 Å². The van der Waals surface area contributed by atoms with Gasteiger partial charge in [0.15, 0.2) is 5.75 Å². The van der Waals surface area contributed by atoms with Crippen LogP contribution in [0.2, 0.25) is 0 Å². The summed E-state index contributed by atoms with van der Waals surface area (Å²) in [5, 5.41) is 3.98. The Morgan fingerprint density at radius 2 is 2.38 bits per heavy atom. The average Bonchev–Trinajstić information content (AvgIpc) is 2.67. The van der Waals surface area contributed by atoms with Gasteiger partial charge in [0.05, 0.1) is 7.11 Å².